The average molecular weight is 213 g/mol. The molecule has 1 aliphatic rings. The number of aliphatic hydroxyl groups excluding tert-OH is 2. The number of aliphatic hydroxyl groups is 2. The van der Waals surface area contributed by atoms with Crippen LogP contribution in [0.15, 0.2) is 0 Å². The van der Waals surface area contributed by atoms with E-state index in [1.807, 2.05) is 0 Å². The normalized spacial score (nSPS) is 33.1. The first-order valence-electron chi connectivity index (χ1n) is 4.06. The maximum Gasteiger partial charge on any atom is 0.471 e. The zero-order chi connectivity index (χ0) is 10.9. The number of alkyl halides is 3. The summed E-state index contributed by atoms with van der Waals surface area (Å²) in [6, 6.07) is -1.01. The van der Waals surface area contributed by atoms with Crippen molar-refractivity contribution in [3.63, 3.8) is 0 Å². The number of hydrogen-bond donors (Lipinski definition) is 3. The van der Waals surface area contributed by atoms with Crippen LogP contribution in [0, 0.1) is 0 Å². The predicted octanol–water partition coefficient (Wildman–Crippen LogP) is -0.451. The smallest absolute Gasteiger partial charge is 0.390 e. The summed E-state index contributed by atoms with van der Waals surface area (Å²) in [6.07, 6.45) is -7.00. The monoisotopic (exact) mass is 213 g/mol. The highest BCUT2D eigenvalue weighted by atomic mass is 19.4. The van der Waals surface area contributed by atoms with E-state index in [1.54, 1.807) is 5.32 Å². The van der Waals surface area contributed by atoms with Crippen molar-refractivity contribution in [2.45, 2.75) is 37.3 Å². The van der Waals surface area contributed by atoms with Crippen molar-refractivity contribution in [2.75, 3.05) is 0 Å². The lowest BCUT2D eigenvalue weighted by molar-refractivity contribution is -0.175. The van der Waals surface area contributed by atoms with Crippen LogP contribution >= 0.6 is 0 Å². The quantitative estimate of drug-likeness (QED) is 0.552. The van der Waals surface area contributed by atoms with Gasteiger partial charge in [-0.3, -0.25) is 4.79 Å². The van der Waals surface area contributed by atoms with Crippen LogP contribution in [-0.2, 0) is 4.79 Å². The zero-order valence-corrected chi connectivity index (χ0v) is 7.08. The molecule has 0 spiro atoms. The van der Waals surface area contributed by atoms with Gasteiger partial charge in [-0.05, 0) is 12.8 Å². The molecule has 0 aromatic heterocycles. The second-order valence-electron chi connectivity index (χ2n) is 3.21. The fraction of sp³-hybridized carbons (Fsp3) is 0.857. The van der Waals surface area contributed by atoms with Crippen LogP contribution in [0.25, 0.3) is 0 Å². The molecule has 3 atom stereocenters. The number of carbonyl (C=O) groups is 1. The molecule has 0 heterocycles. The van der Waals surface area contributed by atoms with Gasteiger partial charge in [0.2, 0.25) is 0 Å². The molecule has 1 rings (SSSR count). The summed E-state index contributed by atoms with van der Waals surface area (Å²) in [7, 11) is 0. The number of amides is 1. The van der Waals surface area contributed by atoms with Gasteiger partial charge in [0.15, 0.2) is 0 Å². The zero-order valence-electron chi connectivity index (χ0n) is 7.08. The Balaban J connectivity index is 2.50. The van der Waals surface area contributed by atoms with E-state index in [0.717, 1.165) is 0 Å². The van der Waals surface area contributed by atoms with E-state index in [4.69, 9.17) is 10.2 Å². The van der Waals surface area contributed by atoms with Gasteiger partial charge < -0.3 is 15.5 Å². The first kappa shape index (κ1) is 11.3. The molecule has 0 aromatic rings. The van der Waals surface area contributed by atoms with E-state index in [9.17, 15) is 18.0 Å². The van der Waals surface area contributed by atoms with Gasteiger partial charge in [0.25, 0.3) is 0 Å². The van der Waals surface area contributed by atoms with Crippen LogP contribution in [0.5, 0.6) is 0 Å². The van der Waals surface area contributed by atoms with Crippen molar-refractivity contribution in [1.82, 2.24) is 5.32 Å². The molecule has 0 radical (unpaired) electrons. The molecule has 3 N–H and O–H groups in total. The molecule has 1 fully saturated rings. The van der Waals surface area contributed by atoms with Crippen LogP contribution in [0.2, 0.25) is 0 Å². The number of hydrogen-bond acceptors (Lipinski definition) is 3. The van der Waals surface area contributed by atoms with Gasteiger partial charge in [-0.25, -0.2) is 0 Å². The summed E-state index contributed by atoms with van der Waals surface area (Å²) >= 11 is 0. The highest BCUT2D eigenvalue weighted by molar-refractivity contribution is 5.82. The molecule has 0 unspecified atom stereocenters. The molecule has 1 saturated carbocycles. The highest BCUT2D eigenvalue weighted by Crippen LogP contribution is 2.22. The molecule has 1 amide bonds. The molecule has 0 bridgehead atoms. The van der Waals surface area contributed by atoms with Gasteiger partial charge in [0, 0.05) is 0 Å². The van der Waals surface area contributed by atoms with Crippen LogP contribution in [0.4, 0.5) is 13.2 Å². The summed E-state index contributed by atoms with van der Waals surface area (Å²) in [5, 5.41) is 19.8. The lowest BCUT2D eigenvalue weighted by atomic mass is 10.2. The molecule has 1 aliphatic carbocycles. The summed E-state index contributed by atoms with van der Waals surface area (Å²) in [4.78, 5) is 10.4. The van der Waals surface area contributed by atoms with Crippen molar-refractivity contribution in [1.29, 1.82) is 0 Å². The van der Waals surface area contributed by atoms with Crippen molar-refractivity contribution in [2.24, 2.45) is 0 Å². The van der Waals surface area contributed by atoms with Crippen LogP contribution in [-0.4, -0.2) is 40.5 Å². The Hall–Kier alpha value is -0.820. The molecular weight excluding hydrogens is 203 g/mol. The maximum atomic E-state index is 11.8. The van der Waals surface area contributed by atoms with E-state index in [1.165, 1.54) is 0 Å². The second kappa shape index (κ2) is 3.74. The molecule has 82 valence electrons. The SMILES string of the molecule is O=C(N[C@@H]1CC[C@H](O)[C@@H]1O)C(F)(F)F. The van der Waals surface area contributed by atoms with E-state index in [2.05, 4.69) is 0 Å². The van der Waals surface area contributed by atoms with Gasteiger partial charge >= 0.3 is 12.1 Å². The van der Waals surface area contributed by atoms with Gasteiger partial charge in [0.1, 0.15) is 0 Å². The molecular formula is C7H10F3NO3. The minimum atomic E-state index is -4.95. The first-order chi connectivity index (χ1) is 6.32. The van der Waals surface area contributed by atoms with Crippen molar-refractivity contribution >= 4 is 5.91 Å². The third-order valence-corrected chi connectivity index (χ3v) is 2.15. The molecule has 0 aromatic carbocycles. The van der Waals surface area contributed by atoms with Crippen LogP contribution in [0.3, 0.4) is 0 Å². The summed E-state index contributed by atoms with van der Waals surface area (Å²) < 4.78 is 35.3. The van der Waals surface area contributed by atoms with Gasteiger partial charge in [-0.15, -0.1) is 0 Å². The summed E-state index contributed by atoms with van der Waals surface area (Å²) in [5.74, 6) is -2.09. The van der Waals surface area contributed by atoms with Crippen LogP contribution < -0.4 is 5.32 Å². The fourth-order valence-corrected chi connectivity index (χ4v) is 1.37. The molecule has 4 nitrogen and oxygen atoms in total. The standard InChI is InChI=1S/C7H10F3NO3/c8-7(9,10)6(14)11-3-1-2-4(12)5(3)13/h3-5,12-13H,1-2H2,(H,11,14)/t3-,4+,5-/m1/s1. The summed E-state index contributed by atoms with van der Waals surface area (Å²) in [6.45, 7) is 0. The number of carbonyl (C=O) groups excluding carboxylic acids is 1. The highest BCUT2D eigenvalue weighted by Gasteiger charge is 2.43. The topological polar surface area (TPSA) is 69.6 Å². The second-order valence-corrected chi connectivity index (χ2v) is 3.21. The minimum Gasteiger partial charge on any atom is -0.390 e. The minimum absolute atomic E-state index is 0.143. The Morgan fingerprint density at radius 1 is 1.29 bits per heavy atom. The van der Waals surface area contributed by atoms with Gasteiger partial charge in [-0.2, -0.15) is 13.2 Å². The Morgan fingerprint density at radius 3 is 2.21 bits per heavy atom. The van der Waals surface area contributed by atoms with Crippen molar-refractivity contribution in [3.05, 3.63) is 0 Å². The largest absolute Gasteiger partial charge is 0.471 e. The van der Waals surface area contributed by atoms with E-state index in [-0.39, 0.29) is 12.8 Å². The van der Waals surface area contributed by atoms with Crippen LogP contribution in [0.1, 0.15) is 12.8 Å². The molecule has 14 heavy (non-hydrogen) atoms. The van der Waals surface area contributed by atoms with Crippen molar-refractivity contribution < 1.29 is 28.2 Å². The third-order valence-electron chi connectivity index (χ3n) is 2.15. The number of nitrogens with one attached hydrogen (secondary N) is 1. The Kier molecular flexibility index (Phi) is 3.01. The lowest BCUT2D eigenvalue weighted by Crippen LogP contribution is -2.47. The average Bonchev–Trinajstić information content (AvgIpc) is 2.34. The van der Waals surface area contributed by atoms with E-state index >= 15 is 0 Å². The molecule has 0 saturated heterocycles. The fourth-order valence-electron chi connectivity index (χ4n) is 1.37. The molecule has 0 aliphatic heterocycles. The van der Waals surface area contributed by atoms with E-state index in [0.29, 0.717) is 0 Å². The Bertz CT molecular complexity index is 231. The maximum absolute atomic E-state index is 11.8. The first-order valence-corrected chi connectivity index (χ1v) is 4.06. The van der Waals surface area contributed by atoms with Crippen molar-refractivity contribution in [3.8, 4) is 0 Å². The molecule has 7 heteroatoms. The third kappa shape index (κ3) is 2.36. The Morgan fingerprint density at radius 2 is 1.86 bits per heavy atom. The van der Waals surface area contributed by atoms with Gasteiger partial charge in [0.05, 0.1) is 18.2 Å². The number of rotatable bonds is 1. The Labute approximate surface area is 77.7 Å². The summed E-state index contributed by atoms with van der Waals surface area (Å²) in [5.41, 5.74) is 0. The predicted molar refractivity (Wildman–Crippen MR) is 39.2 cm³/mol. The van der Waals surface area contributed by atoms with E-state index < -0.39 is 30.3 Å². The lowest BCUT2D eigenvalue weighted by Gasteiger charge is -2.18. The van der Waals surface area contributed by atoms with Gasteiger partial charge in [-0.1, -0.05) is 0 Å². The number of halogens is 3.